The molecule has 8 nitrogen and oxygen atoms in total. The van der Waals surface area contributed by atoms with Crippen LogP contribution in [0.3, 0.4) is 0 Å². The Hall–Kier alpha value is -3.20. The standard InChI is InChI=1S/C17H16N4O4S/c1-11-7-14(21-25-11)20-15(22)9-24-16(23)13-10-26-17(19-13)18-8-12-5-3-2-4-6-12/h2-7,10H,8-9H2,1H3,(H,18,19)(H,20,21,22). The van der Waals surface area contributed by atoms with Gasteiger partial charge >= 0.3 is 5.97 Å². The van der Waals surface area contributed by atoms with Crippen molar-refractivity contribution in [3.05, 3.63) is 58.8 Å². The van der Waals surface area contributed by atoms with E-state index in [9.17, 15) is 9.59 Å². The van der Waals surface area contributed by atoms with E-state index in [0.29, 0.717) is 17.4 Å². The summed E-state index contributed by atoms with van der Waals surface area (Å²) in [6.45, 7) is 1.87. The highest BCUT2D eigenvalue weighted by Gasteiger charge is 2.15. The van der Waals surface area contributed by atoms with Gasteiger partial charge in [-0.1, -0.05) is 35.5 Å². The van der Waals surface area contributed by atoms with Crippen LogP contribution in [0, 0.1) is 6.92 Å². The number of amides is 1. The predicted octanol–water partition coefficient (Wildman–Crippen LogP) is 2.85. The van der Waals surface area contributed by atoms with E-state index in [1.165, 1.54) is 11.3 Å². The minimum Gasteiger partial charge on any atom is -0.451 e. The number of ether oxygens (including phenoxy) is 1. The van der Waals surface area contributed by atoms with Gasteiger partial charge in [-0.15, -0.1) is 11.3 Å². The number of nitrogens with one attached hydrogen (secondary N) is 2. The third-order valence-corrected chi connectivity index (χ3v) is 4.03. The zero-order valence-electron chi connectivity index (χ0n) is 13.9. The summed E-state index contributed by atoms with van der Waals surface area (Å²) in [5.41, 5.74) is 1.25. The van der Waals surface area contributed by atoms with Gasteiger partial charge in [-0.25, -0.2) is 9.78 Å². The van der Waals surface area contributed by atoms with E-state index in [4.69, 9.17) is 9.26 Å². The number of benzene rings is 1. The third kappa shape index (κ3) is 4.90. The van der Waals surface area contributed by atoms with Crippen molar-refractivity contribution in [3.8, 4) is 0 Å². The number of aryl methyl sites for hydroxylation is 1. The molecule has 0 unspecified atom stereocenters. The second kappa shape index (κ2) is 8.26. The molecule has 9 heteroatoms. The maximum Gasteiger partial charge on any atom is 0.358 e. The van der Waals surface area contributed by atoms with Crippen molar-refractivity contribution in [1.82, 2.24) is 10.1 Å². The molecule has 0 aliphatic heterocycles. The lowest BCUT2D eigenvalue weighted by Gasteiger charge is -2.03. The topological polar surface area (TPSA) is 106 Å². The smallest absolute Gasteiger partial charge is 0.358 e. The summed E-state index contributed by atoms with van der Waals surface area (Å²) < 4.78 is 9.78. The number of hydrogen-bond acceptors (Lipinski definition) is 8. The Morgan fingerprint density at radius 3 is 2.81 bits per heavy atom. The van der Waals surface area contributed by atoms with Gasteiger partial charge in [0.05, 0.1) is 0 Å². The lowest BCUT2D eigenvalue weighted by molar-refractivity contribution is -0.119. The molecule has 0 aliphatic carbocycles. The Morgan fingerprint density at radius 2 is 2.08 bits per heavy atom. The van der Waals surface area contributed by atoms with Crippen molar-refractivity contribution in [2.45, 2.75) is 13.5 Å². The molecule has 2 heterocycles. The van der Waals surface area contributed by atoms with E-state index >= 15 is 0 Å². The molecule has 0 fully saturated rings. The maximum atomic E-state index is 12.0. The minimum atomic E-state index is -0.666. The van der Waals surface area contributed by atoms with Crippen molar-refractivity contribution in [2.24, 2.45) is 0 Å². The second-order valence-corrected chi connectivity index (χ2v) is 6.18. The van der Waals surface area contributed by atoms with Crippen molar-refractivity contribution in [2.75, 3.05) is 17.2 Å². The molecule has 3 aromatic rings. The SMILES string of the molecule is Cc1cc(NC(=O)COC(=O)c2csc(NCc3ccccc3)n2)no1. The number of anilines is 2. The summed E-state index contributed by atoms with van der Waals surface area (Å²) in [4.78, 5) is 27.9. The van der Waals surface area contributed by atoms with Crippen molar-refractivity contribution < 1.29 is 18.8 Å². The number of thiazole rings is 1. The number of esters is 1. The Balaban J connectivity index is 1.46. The van der Waals surface area contributed by atoms with Crippen LogP contribution in [0.15, 0.2) is 46.3 Å². The summed E-state index contributed by atoms with van der Waals surface area (Å²) in [5, 5.41) is 11.4. The van der Waals surface area contributed by atoms with Gasteiger partial charge in [-0.2, -0.15) is 0 Å². The van der Waals surface area contributed by atoms with Gasteiger partial charge < -0.3 is 19.9 Å². The molecule has 0 atom stereocenters. The van der Waals surface area contributed by atoms with Gasteiger partial charge in [0, 0.05) is 18.0 Å². The van der Waals surface area contributed by atoms with Crippen LogP contribution in [-0.4, -0.2) is 28.6 Å². The summed E-state index contributed by atoms with van der Waals surface area (Å²) >= 11 is 1.29. The van der Waals surface area contributed by atoms with Gasteiger partial charge in [-0.05, 0) is 12.5 Å². The Labute approximate surface area is 153 Å². The van der Waals surface area contributed by atoms with Gasteiger partial charge in [0.15, 0.2) is 23.3 Å². The van der Waals surface area contributed by atoms with Gasteiger partial charge in [0.25, 0.3) is 5.91 Å². The first kappa shape index (κ1) is 17.6. The lowest BCUT2D eigenvalue weighted by Crippen LogP contribution is -2.21. The Kier molecular flexibility index (Phi) is 5.59. The van der Waals surface area contributed by atoms with E-state index in [0.717, 1.165) is 5.56 Å². The molecule has 3 rings (SSSR count). The zero-order valence-corrected chi connectivity index (χ0v) is 14.7. The van der Waals surface area contributed by atoms with E-state index < -0.39 is 18.5 Å². The average Bonchev–Trinajstić information content (AvgIpc) is 3.28. The van der Waals surface area contributed by atoms with Gasteiger partial charge in [0.2, 0.25) is 0 Å². The molecule has 0 saturated heterocycles. The fourth-order valence-corrected chi connectivity index (χ4v) is 2.71. The average molecular weight is 372 g/mol. The number of rotatable bonds is 7. The van der Waals surface area contributed by atoms with E-state index in [1.807, 2.05) is 30.3 Å². The molecule has 134 valence electrons. The summed E-state index contributed by atoms with van der Waals surface area (Å²) in [6.07, 6.45) is 0. The fourth-order valence-electron chi connectivity index (χ4n) is 2.03. The number of carbonyl (C=O) groups is 2. The van der Waals surface area contributed by atoms with E-state index in [2.05, 4.69) is 20.8 Å². The molecule has 2 N–H and O–H groups in total. The van der Waals surface area contributed by atoms with Crippen molar-refractivity contribution in [1.29, 1.82) is 0 Å². The van der Waals surface area contributed by atoms with Crippen LogP contribution in [0.1, 0.15) is 21.8 Å². The van der Waals surface area contributed by atoms with Crippen LogP contribution in [0.2, 0.25) is 0 Å². The quantitative estimate of drug-likeness (QED) is 0.614. The summed E-state index contributed by atoms with van der Waals surface area (Å²) in [7, 11) is 0. The normalized spacial score (nSPS) is 10.3. The number of aromatic nitrogens is 2. The molecule has 1 amide bonds. The monoisotopic (exact) mass is 372 g/mol. The number of carbonyl (C=O) groups excluding carboxylic acids is 2. The largest absolute Gasteiger partial charge is 0.451 e. The molecule has 0 bridgehead atoms. The molecule has 0 radical (unpaired) electrons. The molecule has 0 saturated carbocycles. The first-order valence-corrected chi connectivity index (χ1v) is 8.62. The first-order valence-electron chi connectivity index (χ1n) is 7.74. The molecule has 0 aliphatic rings. The van der Waals surface area contributed by atoms with Crippen LogP contribution in [0.4, 0.5) is 10.9 Å². The van der Waals surface area contributed by atoms with E-state index in [-0.39, 0.29) is 11.5 Å². The maximum absolute atomic E-state index is 12.0. The fraction of sp³-hybridized carbons (Fsp3) is 0.176. The summed E-state index contributed by atoms with van der Waals surface area (Å²) in [6, 6.07) is 11.4. The lowest BCUT2D eigenvalue weighted by atomic mass is 10.2. The molecule has 2 aromatic heterocycles. The highest BCUT2D eigenvalue weighted by Crippen LogP contribution is 2.17. The van der Waals surface area contributed by atoms with Crippen LogP contribution in [0.25, 0.3) is 0 Å². The zero-order chi connectivity index (χ0) is 18.4. The molecular formula is C17H16N4O4S. The second-order valence-electron chi connectivity index (χ2n) is 5.32. The molecule has 0 spiro atoms. The molecule has 1 aromatic carbocycles. The highest BCUT2D eigenvalue weighted by atomic mass is 32.1. The van der Waals surface area contributed by atoms with Crippen molar-refractivity contribution >= 4 is 34.2 Å². The van der Waals surface area contributed by atoms with Gasteiger partial charge in [-0.3, -0.25) is 4.79 Å². The highest BCUT2D eigenvalue weighted by molar-refractivity contribution is 7.13. The minimum absolute atomic E-state index is 0.149. The summed E-state index contributed by atoms with van der Waals surface area (Å²) in [5.74, 6) is -0.343. The molecule has 26 heavy (non-hydrogen) atoms. The van der Waals surface area contributed by atoms with E-state index in [1.54, 1.807) is 18.4 Å². The molecular weight excluding hydrogens is 356 g/mol. The van der Waals surface area contributed by atoms with Crippen LogP contribution < -0.4 is 10.6 Å². The van der Waals surface area contributed by atoms with Gasteiger partial charge in [0.1, 0.15) is 5.76 Å². The Morgan fingerprint density at radius 1 is 1.27 bits per heavy atom. The Bertz CT molecular complexity index is 891. The van der Waals surface area contributed by atoms with Crippen LogP contribution in [0.5, 0.6) is 0 Å². The van der Waals surface area contributed by atoms with Crippen molar-refractivity contribution in [3.63, 3.8) is 0 Å². The third-order valence-electron chi connectivity index (χ3n) is 3.23. The van der Waals surface area contributed by atoms with Crippen LogP contribution in [-0.2, 0) is 16.1 Å². The number of hydrogen-bond donors (Lipinski definition) is 2. The number of nitrogens with zero attached hydrogens (tertiary/aromatic N) is 2. The predicted molar refractivity (Wildman–Crippen MR) is 96.0 cm³/mol. The van der Waals surface area contributed by atoms with Crippen LogP contribution >= 0.6 is 11.3 Å². The first-order chi connectivity index (χ1) is 12.6.